The van der Waals surface area contributed by atoms with Crippen molar-refractivity contribution < 1.29 is 89.7 Å². The predicted octanol–water partition coefficient (Wildman–Crippen LogP) is -0.973. The minimum atomic E-state index is -1.67. The van der Waals surface area contributed by atoms with E-state index < -0.39 is 122 Å². The fourth-order valence-electron chi connectivity index (χ4n) is 15.4. The number of rotatable bonds is 12. The lowest BCUT2D eigenvalue weighted by Crippen LogP contribution is -2.65. The fourth-order valence-corrected chi connectivity index (χ4v) is 15.4. The molecule has 5 aliphatic carbocycles. The van der Waals surface area contributed by atoms with Crippen LogP contribution in [-0.4, -0.2) is 191 Å². The Kier molecular flexibility index (Phi) is 13.4. The predicted molar refractivity (Wildman–Crippen MR) is 222 cm³/mol. The van der Waals surface area contributed by atoms with Gasteiger partial charge in [-0.05, 0) is 122 Å². The molecule has 18 nitrogen and oxygen atoms in total. The molecule has 8 rings (SSSR count). The van der Waals surface area contributed by atoms with Gasteiger partial charge in [-0.15, -0.1) is 0 Å². The molecule has 3 aliphatic heterocycles. The second-order valence-corrected chi connectivity index (χ2v) is 23.1. The van der Waals surface area contributed by atoms with E-state index in [0.29, 0.717) is 38.5 Å². The van der Waals surface area contributed by atoms with Crippen LogP contribution >= 0.6 is 0 Å². The number of ether oxygens (including phenoxy) is 6. The summed E-state index contributed by atoms with van der Waals surface area (Å²) in [6.07, 6.45) is -15.7. The van der Waals surface area contributed by atoms with E-state index >= 15 is 0 Å². The first-order chi connectivity index (χ1) is 29.8. The van der Waals surface area contributed by atoms with Crippen LogP contribution in [0.15, 0.2) is 0 Å². The Morgan fingerprint density at radius 3 is 1.98 bits per heavy atom. The van der Waals surface area contributed by atoms with Gasteiger partial charge in [0, 0.05) is 0 Å². The van der Waals surface area contributed by atoms with E-state index in [4.69, 9.17) is 28.4 Å². The number of aliphatic hydroxyl groups is 12. The molecule has 64 heavy (non-hydrogen) atoms. The summed E-state index contributed by atoms with van der Waals surface area (Å²) in [5.74, 6) is -0.226. The van der Waals surface area contributed by atoms with Crippen molar-refractivity contribution in [1.82, 2.24) is 0 Å². The van der Waals surface area contributed by atoms with Crippen LogP contribution in [0.25, 0.3) is 0 Å². The number of hydrogen-bond donors (Lipinski definition) is 12. The van der Waals surface area contributed by atoms with Crippen LogP contribution < -0.4 is 0 Å². The van der Waals surface area contributed by atoms with Gasteiger partial charge in [0.1, 0.15) is 61.0 Å². The maximum atomic E-state index is 12.1. The van der Waals surface area contributed by atoms with Crippen LogP contribution in [-0.2, 0) is 28.4 Å². The minimum Gasteiger partial charge on any atom is -0.394 e. The van der Waals surface area contributed by atoms with E-state index in [-0.39, 0.29) is 58.5 Å². The van der Waals surface area contributed by atoms with Crippen molar-refractivity contribution in [2.75, 3.05) is 19.8 Å². The third kappa shape index (κ3) is 7.68. The maximum Gasteiger partial charge on any atom is 0.186 e. The molecule has 12 N–H and O–H groups in total. The van der Waals surface area contributed by atoms with Crippen molar-refractivity contribution in [3.63, 3.8) is 0 Å². The van der Waals surface area contributed by atoms with E-state index in [1.165, 1.54) is 0 Å². The molecule has 8 fully saturated rings. The minimum absolute atomic E-state index is 0.0455. The summed E-state index contributed by atoms with van der Waals surface area (Å²) < 4.78 is 37.3. The van der Waals surface area contributed by atoms with Crippen LogP contribution in [0, 0.1) is 50.7 Å². The Labute approximate surface area is 375 Å². The molecule has 5 unspecified atom stereocenters. The molecule has 25 atom stereocenters. The summed E-state index contributed by atoms with van der Waals surface area (Å²) in [7, 11) is 0. The van der Waals surface area contributed by atoms with E-state index in [2.05, 4.69) is 34.6 Å². The van der Waals surface area contributed by atoms with Crippen molar-refractivity contribution in [1.29, 1.82) is 0 Å². The molecule has 0 aromatic rings. The fraction of sp³-hybridized carbons (Fsp3) is 1.00. The maximum absolute atomic E-state index is 12.1. The molecule has 5 saturated carbocycles. The zero-order valence-corrected chi connectivity index (χ0v) is 38.4. The van der Waals surface area contributed by atoms with Crippen LogP contribution in [0.2, 0.25) is 0 Å². The summed E-state index contributed by atoms with van der Waals surface area (Å²) in [6, 6.07) is 0. The van der Waals surface area contributed by atoms with Gasteiger partial charge >= 0.3 is 0 Å². The van der Waals surface area contributed by atoms with Crippen molar-refractivity contribution >= 4 is 0 Å². The molecular weight excluding hydrogens is 840 g/mol. The molecule has 0 amide bonds. The SMILES string of the molecule is C[C@H](CC[C@H](O)C(C)(C)O)C1C(O)C[C@@]2(C)C3C[C@H](O[C@@H]4O[C@H](CO)[C@@H](O)[C@H](O)[C@H]4O)C4C(C)(C)C(O[C@@H]5OC[C@@H](O)[C@H](O)[C@H]5O[C@@H]5OC[C@H](O)[C@H](O)[C@H]5O)CC[C@@]45C[C@@]35CC[C@]12C. The van der Waals surface area contributed by atoms with Gasteiger partial charge in [0.2, 0.25) is 0 Å². The van der Waals surface area contributed by atoms with Gasteiger partial charge in [0.05, 0.1) is 49.8 Å². The molecule has 18 heteroatoms. The second-order valence-electron chi connectivity index (χ2n) is 23.1. The highest BCUT2D eigenvalue weighted by atomic mass is 16.8. The zero-order chi connectivity index (χ0) is 46.9. The van der Waals surface area contributed by atoms with Crippen LogP contribution in [0.1, 0.15) is 106 Å². The molecule has 3 heterocycles. The van der Waals surface area contributed by atoms with Crippen molar-refractivity contribution in [3.05, 3.63) is 0 Å². The van der Waals surface area contributed by atoms with E-state index in [9.17, 15) is 61.3 Å². The third-order valence-electron chi connectivity index (χ3n) is 19.0. The topological polar surface area (TPSA) is 298 Å². The molecule has 0 bridgehead atoms. The average molecular weight is 919 g/mol. The highest BCUT2D eigenvalue weighted by Gasteiger charge is 2.85. The normalized spacial score (nSPS) is 54.5. The molecule has 0 radical (unpaired) electrons. The van der Waals surface area contributed by atoms with Crippen LogP contribution in [0.3, 0.4) is 0 Å². The van der Waals surface area contributed by atoms with Crippen molar-refractivity contribution in [3.8, 4) is 0 Å². The Balaban J connectivity index is 1.10. The van der Waals surface area contributed by atoms with Crippen LogP contribution in [0.5, 0.6) is 0 Å². The van der Waals surface area contributed by atoms with Gasteiger partial charge < -0.3 is 89.7 Å². The summed E-state index contributed by atoms with van der Waals surface area (Å²) in [6.45, 7) is 12.9. The number of fused-ring (bicyclic) bond motifs is 2. The Morgan fingerprint density at radius 1 is 0.688 bits per heavy atom. The molecule has 3 saturated heterocycles. The molecule has 0 aromatic carbocycles. The highest BCUT2D eigenvalue weighted by molar-refractivity contribution is 5.33. The number of aliphatic hydroxyl groups excluding tert-OH is 11. The summed E-state index contributed by atoms with van der Waals surface area (Å²) >= 11 is 0. The van der Waals surface area contributed by atoms with Gasteiger partial charge in [-0.25, -0.2) is 0 Å². The first-order valence-corrected chi connectivity index (χ1v) is 23.8. The Bertz CT molecular complexity index is 1650. The Morgan fingerprint density at radius 2 is 1.33 bits per heavy atom. The second kappa shape index (κ2) is 17.3. The first kappa shape index (κ1) is 49.7. The van der Waals surface area contributed by atoms with E-state index in [1.54, 1.807) is 13.8 Å². The standard InChI is InChI=1S/C46H78O18/c1-20(8-9-27(51)42(4,5)58)29-21(48)15-44(7)26-14-24(61-39-35(57)33(55)32(54)25(16-47)62-39)37-41(2,3)28(10-11-46(37)19-45(26,46)13-12-43(29,44)6)63-40-36(31(53)23(50)18-60-40)64-38-34(56)30(52)22(49)17-59-38/h20-40,47-58H,8-19H2,1-7H3/t20-,21?,22+,23-,24+,25-,26?,27+,28?,29?,30+,31+,32-,33+,34-,35-,36-,37?,38+,39-,40+,43-,44+,45+,46-/m1/s1. The lowest BCUT2D eigenvalue weighted by molar-refractivity contribution is -0.360. The molecule has 2 spiro atoms. The molecular formula is C46H78O18. The van der Waals surface area contributed by atoms with Gasteiger partial charge in [-0.3, -0.25) is 0 Å². The smallest absolute Gasteiger partial charge is 0.186 e. The lowest BCUT2D eigenvalue weighted by Gasteiger charge is -2.65. The number of hydrogen-bond acceptors (Lipinski definition) is 18. The monoisotopic (exact) mass is 919 g/mol. The molecule has 0 aromatic heterocycles. The van der Waals surface area contributed by atoms with Crippen molar-refractivity contribution in [2.24, 2.45) is 50.7 Å². The largest absolute Gasteiger partial charge is 0.394 e. The van der Waals surface area contributed by atoms with Gasteiger partial charge in [0.25, 0.3) is 0 Å². The van der Waals surface area contributed by atoms with Crippen LogP contribution in [0.4, 0.5) is 0 Å². The van der Waals surface area contributed by atoms with Gasteiger partial charge in [-0.1, -0.05) is 34.6 Å². The molecule has 370 valence electrons. The highest BCUT2D eigenvalue weighted by Crippen LogP contribution is 2.89. The lowest BCUT2D eigenvalue weighted by atomic mass is 9.41. The van der Waals surface area contributed by atoms with Gasteiger partial charge in [-0.2, -0.15) is 0 Å². The van der Waals surface area contributed by atoms with E-state index in [1.807, 2.05) is 0 Å². The van der Waals surface area contributed by atoms with Crippen molar-refractivity contribution in [2.45, 2.75) is 216 Å². The zero-order valence-electron chi connectivity index (χ0n) is 38.4. The average Bonchev–Trinajstić information content (AvgIpc) is 3.82. The quantitative estimate of drug-likeness (QED) is 0.105. The summed E-state index contributed by atoms with van der Waals surface area (Å²) in [4.78, 5) is 0. The summed E-state index contributed by atoms with van der Waals surface area (Å²) in [5, 5.41) is 129. The molecule has 8 aliphatic rings. The van der Waals surface area contributed by atoms with E-state index in [0.717, 1.165) is 19.3 Å². The first-order valence-electron chi connectivity index (χ1n) is 23.8. The summed E-state index contributed by atoms with van der Waals surface area (Å²) in [5.41, 5.74) is -3.06. The third-order valence-corrected chi connectivity index (χ3v) is 19.0. The Hall–Kier alpha value is -0.720. The van der Waals surface area contributed by atoms with Gasteiger partial charge in [0.15, 0.2) is 18.9 Å².